The van der Waals surface area contributed by atoms with Crippen LogP contribution < -0.4 is 16.0 Å². The van der Waals surface area contributed by atoms with Gasteiger partial charge in [-0.25, -0.2) is 4.79 Å². The van der Waals surface area contributed by atoms with E-state index in [0.717, 1.165) is 71.1 Å². The first-order valence-electron chi connectivity index (χ1n) is 32.3. The van der Waals surface area contributed by atoms with Gasteiger partial charge in [0.05, 0.1) is 44.6 Å². The monoisotopic (exact) mass is 1210 g/mol. The van der Waals surface area contributed by atoms with Crippen molar-refractivity contribution in [2.45, 2.75) is 337 Å². The highest BCUT2D eigenvalue weighted by Gasteiger charge is 2.57. The summed E-state index contributed by atoms with van der Waals surface area (Å²) in [5.41, 5.74) is 0. The molecule has 84 heavy (non-hydrogen) atoms. The molecule has 0 bridgehead atoms. The number of ether oxygens (including phenoxy) is 6. The van der Waals surface area contributed by atoms with E-state index in [2.05, 4.69) is 29.8 Å². The number of carbonyl (C=O) groups excluding carboxylic acids is 3. The van der Waals surface area contributed by atoms with Crippen molar-refractivity contribution < 1.29 is 98.7 Å². The van der Waals surface area contributed by atoms with Crippen molar-refractivity contribution in [3.8, 4) is 0 Å². The SMILES string of the molecule is CCCCCCCCCCCCCCCCCCCCCCCC(=O)NC(CCCCCCCCCC)CO[C@@H]1OC(CO)[C@@H](O[C@@H]2OC(CO[C@]3(C(=O)O)C[C@@H](O)[C@@H](NC(C)=O)C([C@H](O)[C@H](O)CO)O3)[C@H](O)C(O)[C@@H]2O)C(O)C1NC(C)=O. The van der Waals surface area contributed by atoms with Crippen molar-refractivity contribution >= 4 is 23.7 Å². The Hall–Kier alpha value is -2.72. The molecular formula is C61H113N3O20. The number of unbranched alkanes of at least 4 members (excludes halogenated alkanes) is 27. The average Bonchev–Trinajstić information content (AvgIpc) is 1.95. The zero-order valence-corrected chi connectivity index (χ0v) is 51.2. The number of amides is 3. The summed E-state index contributed by atoms with van der Waals surface area (Å²) >= 11 is 0. The lowest BCUT2D eigenvalue weighted by atomic mass is 9.88. The van der Waals surface area contributed by atoms with E-state index in [9.17, 15) is 70.2 Å². The standard InChI is InChI=1S/C61H113N3O20/c1-5-7-9-11-13-15-16-17-18-19-20-21-22-23-24-25-26-27-29-31-33-35-48(71)64-43(34-32-30-28-14-12-10-8-6-2)39-79-58-50(63-42(4)68)53(74)56(46(38-66)81-58)83-59-55(76)54(75)52(73)47(82-59)40-80-61(60(77)78)36-44(69)49(62-41(3)67)57(84-61)51(72)45(70)37-65/h43-47,49-59,65-66,69-70,72-76H,5-40H2,1-4H3,(H,62,67)(H,63,68)(H,64,71)(H,77,78)/t43?,44-,45-,46?,47?,49-,50?,51-,52+,53?,54?,55+,56-,57?,58-,59+,61-/m1/s1. The van der Waals surface area contributed by atoms with Gasteiger partial charge < -0.3 is 95.4 Å². The fourth-order valence-corrected chi connectivity index (χ4v) is 11.5. The molecule has 3 rings (SSSR count). The summed E-state index contributed by atoms with van der Waals surface area (Å²) in [5.74, 6) is -6.19. The highest BCUT2D eigenvalue weighted by Crippen LogP contribution is 2.36. The van der Waals surface area contributed by atoms with E-state index in [4.69, 9.17) is 28.4 Å². The van der Waals surface area contributed by atoms with Gasteiger partial charge in [-0.3, -0.25) is 14.4 Å². The van der Waals surface area contributed by atoms with Crippen LogP contribution in [0.4, 0.5) is 0 Å². The summed E-state index contributed by atoms with van der Waals surface area (Å²) < 4.78 is 35.4. The Morgan fingerprint density at radius 3 is 1.51 bits per heavy atom. The summed E-state index contributed by atoms with van der Waals surface area (Å²) in [5, 5.41) is 116. The fourth-order valence-electron chi connectivity index (χ4n) is 11.5. The summed E-state index contributed by atoms with van der Waals surface area (Å²) in [6.07, 6.45) is 11.6. The van der Waals surface area contributed by atoms with Gasteiger partial charge in [-0.15, -0.1) is 0 Å². The van der Waals surface area contributed by atoms with E-state index in [1.54, 1.807) is 0 Å². The Morgan fingerprint density at radius 2 is 1.05 bits per heavy atom. The molecule has 3 amide bonds. The summed E-state index contributed by atoms with van der Waals surface area (Å²) in [4.78, 5) is 50.8. The third-order valence-corrected chi connectivity index (χ3v) is 16.6. The van der Waals surface area contributed by atoms with Gasteiger partial charge in [0.25, 0.3) is 5.79 Å². The number of carbonyl (C=O) groups is 4. The van der Waals surface area contributed by atoms with Gasteiger partial charge in [-0.2, -0.15) is 0 Å². The Labute approximate surface area is 500 Å². The number of carboxylic acid groups (broad SMARTS) is 1. The molecule has 7 unspecified atom stereocenters. The summed E-state index contributed by atoms with van der Waals surface area (Å²) in [6, 6.07) is -3.34. The molecule has 17 atom stereocenters. The van der Waals surface area contributed by atoms with Gasteiger partial charge in [0.2, 0.25) is 17.7 Å². The third-order valence-electron chi connectivity index (χ3n) is 16.6. The minimum Gasteiger partial charge on any atom is -0.477 e. The second-order valence-corrected chi connectivity index (χ2v) is 23.9. The minimum atomic E-state index is -2.87. The highest BCUT2D eigenvalue weighted by atomic mass is 16.8. The van der Waals surface area contributed by atoms with Gasteiger partial charge in [-0.05, 0) is 12.8 Å². The van der Waals surface area contributed by atoms with Crippen molar-refractivity contribution in [1.29, 1.82) is 0 Å². The Kier molecular flexibility index (Phi) is 38.7. The van der Waals surface area contributed by atoms with Crippen molar-refractivity contribution in [3.05, 3.63) is 0 Å². The Bertz CT molecular complexity index is 1780. The van der Waals surface area contributed by atoms with E-state index in [-0.39, 0.29) is 12.5 Å². The molecule has 0 spiro atoms. The molecule has 0 saturated carbocycles. The Balaban J connectivity index is 1.58. The van der Waals surface area contributed by atoms with Crippen LogP contribution in [0.3, 0.4) is 0 Å². The first-order chi connectivity index (χ1) is 40.3. The predicted molar refractivity (Wildman–Crippen MR) is 312 cm³/mol. The smallest absolute Gasteiger partial charge is 0.364 e. The van der Waals surface area contributed by atoms with Crippen LogP contribution in [0.5, 0.6) is 0 Å². The van der Waals surface area contributed by atoms with Crippen LogP contribution in [-0.2, 0) is 47.6 Å². The molecule has 492 valence electrons. The molecule has 3 aliphatic rings. The molecule has 23 heteroatoms. The molecular weight excluding hydrogens is 1090 g/mol. The zero-order valence-electron chi connectivity index (χ0n) is 51.2. The highest BCUT2D eigenvalue weighted by molar-refractivity contribution is 5.77. The van der Waals surface area contributed by atoms with Crippen LogP contribution in [0.15, 0.2) is 0 Å². The van der Waals surface area contributed by atoms with E-state index < -0.39 is 148 Å². The number of aliphatic carboxylic acids is 1. The molecule has 3 heterocycles. The normalized spacial score (nSPS) is 29.2. The molecule has 0 radical (unpaired) electrons. The lowest BCUT2D eigenvalue weighted by Gasteiger charge is -2.48. The van der Waals surface area contributed by atoms with Gasteiger partial charge in [-0.1, -0.05) is 194 Å². The zero-order chi connectivity index (χ0) is 61.9. The van der Waals surface area contributed by atoms with E-state index in [1.165, 1.54) is 129 Å². The number of aliphatic hydroxyl groups is 9. The lowest BCUT2D eigenvalue weighted by molar-refractivity contribution is -0.360. The second kappa shape index (κ2) is 43.0. The third kappa shape index (κ3) is 27.3. The number of hydrogen-bond acceptors (Lipinski definition) is 19. The molecule has 23 nitrogen and oxygen atoms in total. The van der Waals surface area contributed by atoms with Crippen LogP contribution in [0.2, 0.25) is 0 Å². The average molecular weight is 1210 g/mol. The van der Waals surface area contributed by atoms with Crippen LogP contribution in [0.25, 0.3) is 0 Å². The lowest BCUT2D eigenvalue weighted by Crippen LogP contribution is -2.69. The van der Waals surface area contributed by atoms with E-state index in [1.807, 2.05) is 0 Å². The quantitative estimate of drug-likeness (QED) is 0.0371. The Morgan fingerprint density at radius 1 is 0.583 bits per heavy atom. The molecule has 0 aromatic rings. The van der Waals surface area contributed by atoms with Crippen LogP contribution in [0, 0.1) is 0 Å². The molecule has 0 aromatic heterocycles. The number of rotatable bonds is 47. The van der Waals surface area contributed by atoms with Crippen molar-refractivity contribution in [3.63, 3.8) is 0 Å². The number of aliphatic hydroxyl groups excluding tert-OH is 9. The van der Waals surface area contributed by atoms with Crippen LogP contribution in [-0.4, -0.2) is 205 Å². The topological polar surface area (TPSA) is 362 Å². The van der Waals surface area contributed by atoms with Crippen molar-refractivity contribution in [2.75, 3.05) is 26.4 Å². The molecule has 3 fully saturated rings. The summed E-state index contributed by atoms with van der Waals surface area (Å²) in [6.45, 7) is 3.81. The van der Waals surface area contributed by atoms with Gasteiger partial charge in [0.15, 0.2) is 12.6 Å². The minimum absolute atomic E-state index is 0.0803. The van der Waals surface area contributed by atoms with Gasteiger partial charge in [0, 0.05) is 26.7 Å². The maximum atomic E-state index is 13.4. The molecule has 0 aliphatic carbocycles. The maximum absolute atomic E-state index is 13.4. The number of carboxylic acids is 1. The maximum Gasteiger partial charge on any atom is 0.364 e. The first-order valence-corrected chi connectivity index (χ1v) is 32.3. The van der Waals surface area contributed by atoms with Crippen molar-refractivity contribution in [1.82, 2.24) is 16.0 Å². The van der Waals surface area contributed by atoms with Crippen LogP contribution in [0.1, 0.15) is 233 Å². The fraction of sp³-hybridized carbons (Fsp3) is 0.934. The molecule has 0 aromatic carbocycles. The van der Waals surface area contributed by atoms with Crippen LogP contribution >= 0.6 is 0 Å². The predicted octanol–water partition coefficient (Wildman–Crippen LogP) is 4.56. The van der Waals surface area contributed by atoms with E-state index >= 15 is 0 Å². The van der Waals surface area contributed by atoms with Gasteiger partial charge in [0.1, 0.15) is 67.1 Å². The summed E-state index contributed by atoms with van der Waals surface area (Å²) in [7, 11) is 0. The van der Waals surface area contributed by atoms with Crippen molar-refractivity contribution in [2.24, 2.45) is 0 Å². The van der Waals surface area contributed by atoms with Gasteiger partial charge >= 0.3 is 5.97 Å². The number of nitrogens with one attached hydrogen (secondary N) is 3. The number of hydrogen-bond donors (Lipinski definition) is 13. The van der Waals surface area contributed by atoms with E-state index in [0.29, 0.717) is 12.8 Å². The first kappa shape index (κ1) is 75.5. The molecule has 3 aliphatic heterocycles. The molecule has 13 N–H and O–H groups in total. The molecule has 3 saturated heterocycles. The largest absolute Gasteiger partial charge is 0.477 e. The second-order valence-electron chi connectivity index (χ2n) is 23.9.